The molecule has 0 bridgehead atoms. The first-order valence-electron chi connectivity index (χ1n) is 5.15. The van der Waals surface area contributed by atoms with Gasteiger partial charge in [-0.3, -0.25) is 0 Å². The van der Waals surface area contributed by atoms with Gasteiger partial charge in [0.05, 0.1) is 7.11 Å². The quantitative estimate of drug-likeness (QED) is 0.656. The van der Waals surface area contributed by atoms with Crippen LogP contribution >= 0.6 is 0 Å². The lowest BCUT2D eigenvalue weighted by molar-refractivity contribution is 0.252. The third kappa shape index (κ3) is 4.18. The van der Waals surface area contributed by atoms with Crippen molar-refractivity contribution in [2.24, 2.45) is 5.73 Å². The number of benzene rings is 1. The fourth-order valence-electron chi connectivity index (χ4n) is 1.18. The van der Waals surface area contributed by atoms with E-state index in [1.807, 2.05) is 12.1 Å². The van der Waals surface area contributed by atoms with Gasteiger partial charge in [0.2, 0.25) is 0 Å². The Morgan fingerprint density at radius 3 is 3.00 bits per heavy atom. The Bertz CT molecular complexity index is 342. The molecule has 0 aliphatic rings. The van der Waals surface area contributed by atoms with Crippen molar-refractivity contribution >= 4 is 11.7 Å². The highest BCUT2D eigenvalue weighted by Gasteiger charge is 2.01. The molecule has 0 aliphatic carbocycles. The van der Waals surface area contributed by atoms with Crippen molar-refractivity contribution in [3.8, 4) is 5.75 Å². The number of amides is 2. The van der Waals surface area contributed by atoms with Crippen molar-refractivity contribution in [3.05, 3.63) is 24.3 Å². The van der Waals surface area contributed by atoms with Gasteiger partial charge in [-0.2, -0.15) is 0 Å². The van der Waals surface area contributed by atoms with Crippen molar-refractivity contribution in [3.63, 3.8) is 0 Å². The zero-order valence-corrected chi connectivity index (χ0v) is 9.32. The summed E-state index contributed by atoms with van der Waals surface area (Å²) in [6.45, 7) is 1.14. The first-order chi connectivity index (χ1) is 7.76. The summed E-state index contributed by atoms with van der Waals surface area (Å²) in [5.74, 6) is 0.708. The molecule has 5 nitrogen and oxygen atoms in total. The van der Waals surface area contributed by atoms with Crippen LogP contribution in [0.2, 0.25) is 0 Å². The molecule has 1 rings (SSSR count). The van der Waals surface area contributed by atoms with E-state index in [-0.39, 0.29) is 6.03 Å². The van der Waals surface area contributed by atoms with E-state index in [1.165, 1.54) is 0 Å². The summed E-state index contributed by atoms with van der Waals surface area (Å²) in [6, 6.07) is 6.95. The molecule has 88 valence electrons. The number of methoxy groups -OCH3 is 1. The summed E-state index contributed by atoms with van der Waals surface area (Å²) in [6.07, 6.45) is 0.769. The van der Waals surface area contributed by atoms with E-state index >= 15 is 0 Å². The van der Waals surface area contributed by atoms with E-state index in [9.17, 15) is 4.79 Å². The standard InChI is InChI=1S/C11H17N3O2/c1-16-10-5-2-4-9(8-10)14-11(15)13-7-3-6-12/h2,4-5,8H,3,6-7,12H2,1H3,(H2,13,14,15). The largest absolute Gasteiger partial charge is 0.497 e. The number of rotatable bonds is 5. The average molecular weight is 223 g/mol. The SMILES string of the molecule is COc1cccc(NC(=O)NCCCN)c1. The van der Waals surface area contributed by atoms with Gasteiger partial charge in [-0.25, -0.2) is 4.79 Å². The van der Waals surface area contributed by atoms with Crippen LogP contribution in [0.3, 0.4) is 0 Å². The minimum atomic E-state index is -0.235. The predicted octanol–water partition coefficient (Wildman–Crippen LogP) is 1.17. The Kier molecular flexibility index (Phi) is 5.15. The van der Waals surface area contributed by atoms with Crippen molar-refractivity contribution < 1.29 is 9.53 Å². The first kappa shape index (κ1) is 12.3. The van der Waals surface area contributed by atoms with Gasteiger partial charge in [-0.05, 0) is 25.1 Å². The van der Waals surface area contributed by atoms with Crippen LogP contribution in [0, 0.1) is 0 Å². The molecule has 4 N–H and O–H groups in total. The van der Waals surface area contributed by atoms with Crippen molar-refractivity contribution in [1.82, 2.24) is 5.32 Å². The second-order valence-corrected chi connectivity index (χ2v) is 3.26. The second kappa shape index (κ2) is 6.68. The van der Waals surface area contributed by atoms with E-state index in [1.54, 1.807) is 19.2 Å². The molecular formula is C11H17N3O2. The highest BCUT2D eigenvalue weighted by Crippen LogP contribution is 2.16. The highest BCUT2D eigenvalue weighted by atomic mass is 16.5. The molecule has 5 heteroatoms. The number of hydrogen-bond acceptors (Lipinski definition) is 3. The highest BCUT2D eigenvalue weighted by molar-refractivity contribution is 5.89. The Labute approximate surface area is 95.0 Å². The normalized spacial score (nSPS) is 9.62. The lowest BCUT2D eigenvalue weighted by Gasteiger charge is -2.08. The van der Waals surface area contributed by atoms with Gasteiger partial charge in [0.15, 0.2) is 0 Å². The molecule has 0 spiro atoms. The van der Waals surface area contributed by atoms with Crippen LogP contribution in [0.4, 0.5) is 10.5 Å². The average Bonchev–Trinajstić information content (AvgIpc) is 2.29. The smallest absolute Gasteiger partial charge is 0.319 e. The van der Waals surface area contributed by atoms with Crippen LogP contribution in [0.1, 0.15) is 6.42 Å². The maximum absolute atomic E-state index is 11.4. The van der Waals surface area contributed by atoms with E-state index in [0.29, 0.717) is 24.5 Å². The fraction of sp³-hybridized carbons (Fsp3) is 0.364. The number of nitrogens with two attached hydrogens (primary N) is 1. The van der Waals surface area contributed by atoms with Gasteiger partial charge in [0, 0.05) is 18.3 Å². The number of carbonyl (C=O) groups excluding carboxylic acids is 1. The third-order valence-corrected chi connectivity index (χ3v) is 1.99. The van der Waals surface area contributed by atoms with Gasteiger partial charge < -0.3 is 21.1 Å². The van der Waals surface area contributed by atoms with E-state index in [2.05, 4.69) is 10.6 Å². The summed E-state index contributed by atoms with van der Waals surface area (Å²) < 4.78 is 5.05. The zero-order valence-electron chi connectivity index (χ0n) is 9.32. The van der Waals surface area contributed by atoms with Gasteiger partial charge in [0.25, 0.3) is 0 Å². The molecule has 0 atom stereocenters. The van der Waals surface area contributed by atoms with E-state index in [4.69, 9.17) is 10.5 Å². The molecule has 1 aromatic rings. The maximum Gasteiger partial charge on any atom is 0.319 e. The molecule has 1 aromatic carbocycles. The van der Waals surface area contributed by atoms with Gasteiger partial charge in [-0.1, -0.05) is 6.07 Å². The Morgan fingerprint density at radius 2 is 2.31 bits per heavy atom. The molecule has 0 fully saturated rings. The van der Waals surface area contributed by atoms with E-state index in [0.717, 1.165) is 6.42 Å². The number of anilines is 1. The summed E-state index contributed by atoms with van der Waals surface area (Å²) >= 11 is 0. The number of hydrogen-bond donors (Lipinski definition) is 3. The number of urea groups is 1. The van der Waals surface area contributed by atoms with Crippen LogP contribution < -0.4 is 21.1 Å². The summed E-state index contributed by atoms with van der Waals surface area (Å²) in [7, 11) is 1.58. The van der Waals surface area contributed by atoms with Crippen LogP contribution in [-0.4, -0.2) is 26.2 Å². The number of carbonyl (C=O) groups is 1. The summed E-state index contributed by atoms with van der Waals surface area (Å²) in [5, 5.41) is 5.40. The van der Waals surface area contributed by atoms with Crippen LogP contribution in [-0.2, 0) is 0 Å². The van der Waals surface area contributed by atoms with Crippen LogP contribution in [0.25, 0.3) is 0 Å². The molecule has 2 amide bonds. The summed E-state index contributed by atoms with van der Waals surface area (Å²) in [5.41, 5.74) is 6.02. The van der Waals surface area contributed by atoms with E-state index < -0.39 is 0 Å². The van der Waals surface area contributed by atoms with Crippen LogP contribution in [0.15, 0.2) is 24.3 Å². The van der Waals surface area contributed by atoms with Gasteiger partial charge in [0.1, 0.15) is 5.75 Å². The molecule has 0 aliphatic heterocycles. The van der Waals surface area contributed by atoms with Crippen molar-refractivity contribution in [1.29, 1.82) is 0 Å². The third-order valence-electron chi connectivity index (χ3n) is 1.99. The molecular weight excluding hydrogens is 206 g/mol. The van der Waals surface area contributed by atoms with Crippen molar-refractivity contribution in [2.75, 3.05) is 25.5 Å². The fourth-order valence-corrected chi connectivity index (χ4v) is 1.18. The van der Waals surface area contributed by atoms with Crippen LogP contribution in [0.5, 0.6) is 5.75 Å². The molecule has 16 heavy (non-hydrogen) atoms. The molecule has 0 unspecified atom stereocenters. The van der Waals surface area contributed by atoms with Crippen molar-refractivity contribution in [2.45, 2.75) is 6.42 Å². The van der Waals surface area contributed by atoms with Gasteiger partial charge in [-0.15, -0.1) is 0 Å². The predicted molar refractivity (Wildman–Crippen MR) is 63.7 cm³/mol. The molecule has 0 heterocycles. The number of nitrogens with one attached hydrogen (secondary N) is 2. The monoisotopic (exact) mass is 223 g/mol. The molecule has 0 saturated heterocycles. The lowest BCUT2D eigenvalue weighted by Crippen LogP contribution is -2.30. The molecule has 0 saturated carbocycles. The Balaban J connectivity index is 2.43. The molecule has 0 aromatic heterocycles. The second-order valence-electron chi connectivity index (χ2n) is 3.26. The lowest BCUT2D eigenvalue weighted by atomic mass is 10.3. The number of ether oxygens (including phenoxy) is 1. The minimum absolute atomic E-state index is 0.235. The Hall–Kier alpha value is -1.75. The zero-order chi connectivity index (χ0) is 11.8. The topological polar surface area (TPSA) is 76.4 Å². The summed E-state index contributed by atoms with van der Waals surface area (Å²) in [4.78, 5) is 11.4. The maximum atomic E-state index is 11.4. The first-order valence-corrected chi connectivity index (χ1v) is 5.15. The molecule has 0 radical (unpaired) electrons. The minimum Gasteiger partial charge on any atom is -0.497 e. The Morgan fingerprint density at radius 1 is 1.50 bits per heavy atom. The van der Waals surface area contributed by atoms with Gasteiger partial charge >= 0.3 is 6.03 Å².